The van der Waals surface area contributed by atoms with Crippen molar-refractivity contribution in [1.82, 2.24) is 5.32 Å². The van der Waals surface area contributed by atoms with E-state index >= 15 is 0 Å². The highest BCUT2D eigenvalue weighted by Crippen LogP contribution is 2.24. The first-order valence-electron chi connectivity index (χ1n) is 4.43. The minimum Gasteiger partial charge on any atom is -0.381 e. The van der Waals surface area contributed by atoms with Crippen LogP contribution in [-0.4, -0.2) is 37.4 Å². The molecule has 14 heavy (non-hydrogen) atoms. The Bertz CT molecular complexity index is 180. The third kappa shape index (κ3) is 3.63. The van der Waals surface area contributed by atoms with Gasteiger partial charge in [0.15, 0.2) is 0 Å². The lowest BCUT2D eigenvalue weighted by Gasteiger charge is -2.36. The van der Waals surface area contributed by atoms with E-state index in [2.05, 4.69) is 5.32 Å². The second-order valence-corrected chi connectivity index (χ2v) is 3.76. The Balaban J connectivity index is 2.44. The Labute approximate surface area is 85.8 Å². The van der Waals surface area contributed by atoms with E-state index < -0.39 is 18.3 Å². The van der Waals surface area contributed by atoms with E-state index in [1.54, 1.807) is 0 Å². The number of rotatable bonds is 3. The van der Waals surface area contributed by atoms with Gasteiger partial charge in [-0.05, 0) is 12.8 Å². The van der Waals surface area contributed by atoms with Crippen molar-refractivity contribution in [3.05, 3.63) is 0 Å². The minimum absolute atomic E-state index is 0.187. The van der Waals surface area contributed by atoms with Crippen LogP contribution in [0, 0.1) is 0 Å². The highest BCUT2D eigenvalue weighted by molar-refractivity contribution is 6.18. The van der Waals surface area contributed by atoms with Crippen molar-refractivity contribution in [3.8, 4) is 0 Å². The van der Waals surface area contributed by atoms with Crippen LogP contribution in [0.3, 0.4) is 0 Å². The van der Waals surface area contributed by atoms with Gasteiger partial charge in [0.05, 0.1) is 6.54 Å². The molecule has 0 aromatic rings. The van der Waals surface area contributed by atoms with Gasteiger partial charge in [0.25, 0.3) is 0 Å². The first-order valence-corrected chi connectivity index (χ1v) is 4.96. The number of ether oxygens (including phenoxy) is 1. The predicted octanol–water partition coefficient (Wildman–Crippen LogP) is 1.93. The zero-order valence-electron chi connectivity index (χ0n) is 7.66. The van der Waals surface area contributed by atoms with E-state index in [1.165, 1.54) is 0 Å². The first kappa shape index (κ1) is 12.1. The molecule has 1 rings (SSSR count). The Morgan fingerprint density at radius 1 is 1.29 bits per heavy atom. The molecular formula is C8H13ClF3NO. The standard InChI is InChI=1S/C8H13ClF3NO/c9-5-7(1-3-14-4-2-7)13-6-8(10,11)12/h13H,1-6H2. The van der Waals surface area contributed by atoms with Gasteiger partial charge < -0.3 is 10.1 Å². The summed E-state index contributed by atoms with van der Waals surface area (Å²) in [6.45, 7) is -0.0468. The van der Waals surface area contributed by atoms with E-state index in [4.69, 9.17) is 16.3 Å². The summed E-state index contributed by atoms with van der Waals surface area (Å²) in [6, 6.07) is 0. The summed E-state index contributed by atoms with van der Waals surface area (Å²) in [5.41, 5.74) is -0.602. The lowest BCUT2D eigenvalue weighted by Crippen LogP contribution is -2.53. The van der Waals surface area contributed by atoms with Gasteiger partial charge in [-0.15, -0.1) is 11.6 Å². The molecule has 1 heterocycles. The topological polar surface area (TPSA) is 21.3 Å². The average Bonchev–Trinajstić information content (AvgIpc) is 2.15. The molecule has 1 aliphatic heterocycles. The molecule has 1 saturated heterocycles. The molecule has 0 radical (unpaired) electrons. The van der Waals surface area contributed by atoms with E-state index in [-0.39, 0.29) is 5.88 Å². The fourth-order valence-corrected chi connectivity index (χ4v) is 1.77. The van der Waals surface area contributed by atoms with Gasteiger partial charge in [-0.3, -0.25) is 0 Å². The molecule has 1 aliphatic rings. The van der Waals surface area contributed by atoms with Crippen LogP contribution in [0.5, 0.6) is 0 Å². The molecule has 0 atom stereocenters. The summed E-state index contributed by atoms with van der Waals surface area (Å²) >= 11 is 5.68. The van der Waals surface area contributed by atoms with Crippen LogP contribution in [0.15, 0.2) is 0 Å². The minimum atomic E-state index is -4.18. The zero-order valence-corrected chi connectivity index (χ0v) is 8.42. The molecule has 1 N–H and O–H groups in total. The number of nitrogens with one attached hydrogen (secondary N) is 1. The first-order chi connectivity index (χ1) is 6.47. The van der Waals surface area contributed by atoms with Crippen molar-refractivity contribution < 1.29 is 17.9 Å². The second-order valence-electron chi connectivity index (χ2n) is 3.50. The van der Waals surface area contributed by atoms with Gasteiger partial charge in [0.1, 0.15) is 0 Å². The highest BCUT2D eigenvalue weighted by Gasteiger charge is 2.36. The van der Waals surface area contributed by atoms with Gasteiger partial charge >= 0.3 is 6.18 Å². The molecule has 1 fully saturated rings. The number of hydrogen-bond acceptors (Lipinski definition) is 2. The van der Waals surface area contributed by atoms with Gasteiger partial charge in [-0.2, -0.15) is 13.2 Å². The molecule has 0 amide bonds. The normalized spacial score (nSPS) is 22.3. The van der Waals surface area contributed by atoms with Crippen LogP contribution in [0.25, 0.3) is 0 Å². The highest BCUT2D eigenvalue weighted by atomic mass is 35.5. The molecule has 0 aliphatic carbocycles. The number of hydrogen-bond donors (Lipinski definition) is 1. The molecule has 2 nitrogen and oxygen atoms in total. The molecule has 0 bridgehead atoms. The average molecular weight is 232 g/mol. The van der Waals surface area contributed by atoms with E-state index in [9.17, 15) is 13.2 Å². The van der Waals surface area contributed by atoms with Crippen LogP contribution in [0.2, 0.25) is 0 Å². The second kappa shape index (κ2) is 4.68. The summed E-state index contributed by atoms with van der Waals surface area (Å²) < 4.78 is 41.0. The third-order valence-corrected chi connectivity index (χ3v) is 2.88. The maximum atomic E-state index is 12.0. The Hall–Kier alpha value is -0.0000000000000000208. The molecule has 0 unspecified atom stereocenters. The van der Waals surface area contributed by atoms with Crippen LogP contribution < -0.4 is 5.32 Å². The SMILES string of the molecule is FC(F)(F)CNC1(CCl)CCOCC1. The van der Waals surface area contributed by atoms with E-state index in [0.29, 0.717) is 26.1 Å². The number of alkyl halides is 4. The van der Waals surface area contributed by atoms with Crippen LogP contribution >= 0.6 is 11.6 Å². The molecule has 0 spiro atoms. The maximum absolute atomic E-state index is 12.0. The fourth-order valence-electron chi connectivity index (χ4n) is 1.41. The van der Waals surface area contributed by atoms with Gasteiger partial charge in [-0.25, -0.2) is 0 Å². The van der Waals surface area contributed by atoms with Crippen molar-refractivity contribution in [3.63, 3.8) is 0 Å². The van der Waals surface area contributed by atoms with Gasteiger partial charge in [0, 0.05) is 24.6 Å². The van der Waals surface area contributed by atoms with Crippen LogP contribution in [0.4, 0.5) is 13.2 Å². The Morgan fingerprint density at radius 2 is 1.86 bits per heavy atom. The molecule has 0 aromatic heterocycles. The lowest BCUT2D eigenvalue weighted by molar-refractivity contribution is -0.130. The smallest absolute Gasteiger partial charge is 0.381 e. The molecule has 0 saturated carbocycles. The summed E-state index contributed by atoms with van der Waals surface area (Å²) in [5, 5.41) is 2.49. The molecule has 0 aromatic carbocycles. The van der Waals surface area contributed by atoms with Crippen LogP contribution in [-0.2, 0) is 4.74 Å². The summed E-state index contributed by atoms with van der Waals surface area (Å²) in [7, 11) is 0. The fraction of sp³-hybridized carbons (Fsp3) is 1.00. The van der Waals surface area contributed by atoms with E-state index in [0.717, 1.165) is 0 Å². The third-order valence-electron chi connectivity index (χ3n) is 2.37. The number of halogens is 4. The summed E-state index contributed by atoms with van der Waals surface area (Å²) in [6.07, 6.45) is -3.11. The van der Waals surface area contributed by atoms with E-state index in [1.807, 2.05) is 0 Å². The predicted molar refractivity (Wildman–Crippen MR) is 47.6 cm³/mol. The zero-order chi connectivity index (χ0) is 10.7. The summed E-state index contributed by atoms with van der Waals surface area (Å²) in [4.78, 5) is 0. The van der Waals surface area contributed by atoms with Crippen molar-refractivity contribution in [2.45, 2.75) is 24.6 Å². The molecular weight excluding hydrogens is 219 g/mol. The van der Waals surface area contributed by atoms with Crippen molar-refractivity contribution in [1.29, 1.82) is 0 Å². The lowest BCUT2D eigenvalue weighted by atomic mass is 9.92. The van der Waals surface area contributed by atoms with Crippen molar-refractivity contribution in [2.75, 3.05) is 25.6 Å². The Morgan fingerprint density at radius 3 is 2.29 bits per heavy atom. The molecule has 6 heteroatoms. The molecule has 84 valence electrons. The Kier molecular flexibility index (Phi) is 4.04. The van der Waals surface area contributed by atoms with Gasteiger partial charge in [0.2, 0.25) is 0 Å². The van der Waals surface area contributed by atoms with Gasteiger partial charge in [-0.1, -0.05) is 0 Å². The van der Waals surface area contributed by atoms with Crippen molar-refractivity contribution >= 4 is 11.6 Å². The van der Waals surface area contributed by atoms with Crippen LogP contribution in [0.1, 0.15) is 12.8 Å². The maximum Gasteiger partial charge on any atom is 0.401 e. The quantitative estimate of drug-likeness (QED) is 0.750. The monoisotopic (exact) mass is 231 g/mol. The summed E-state index contributed by atoms with van der Waals surface area (Å²) in [5.74, 6) is 0.187. The van der Waals surface area contributed by atoms with Crippen molar-refractivity contribution in [2.24, 2.45) is 0 Å². The largest absolute Gasteiger partial charge is 0.401 e.